The van der Waals surface area contributed by atoms with E-state index in [1.54, 1.807) is 0 Å². The second kappa shape index (κ2) is 8.45. The van der Waals surface area contributed by atoms with Gasteiger partial charge in [0, 0.05) is 44.5 Å². The monoisotopic (exact) mass is 421 g/mol. The molecule has 1 aromatic carbocycles. The van der Waals surface area contributed by atoms with Crippen molar-refractivity contribution in [3.8, 4) is 0 Å². The summed E-state index contributed by atoms with van der Waals surface area (Å²) in [5.74, 6) is -1.86. The molecule has 0 unspecified atom stereocenters. The number of rotatable bonds is 6. The van der Waals surface area contributed by atoms with E-state index in [4.69, 9.17) is 18.9 Å². The normalized spacial score (nSPS) is 23.2. The summed E-state index contributed by atoms with van der Waals surface area (Å²) in [5.41, 5.74) is 0.328. The number of nitro benzene ring substituents is 1. The maximum absolute atomic E-state index is 11.7. The Bertz CT molecular complexity index is 1000. The van der Waals surface area contributed by atoms with Crippen LogP contribution in [0.25, 0.3) is 10.9 Å². The van der Waals surface area contributed by atoms with E-state index in [2.05, 4.69) is 5.10 Å². The van der Waals surface area contributed by atoms with Gasteiger partial charge >= 0.3 is 17.9 Å². The van der Waals surface area contributed by atoms with Crippen molar-refractivity contribution in [2.24, 2.45) is 0 Å². The minimum atomic E-state index is -1.09. The highest BCUT2D eigenvalue weighted by Crippen LogP contribution is 2.35. The van der Waals surface area contributed by atoms with Crippen LogP contribution in [0, 0.1) is 10.1 Å². The molecule has 1 aliphatic heterocycles. The molecule has 1 aromatic heterocycles. The van der Waals surface area contributed by atoms with E-state index in [9.17, 15) is 24.5 Å². The molecule has 2 heterocycles. The number of non-ortho nitro benzene ring substituents is 1. The smallest absolute Gasteiger partial charge is 0.303 e. The number of aromatic nitrogens is 2. The molecule has 12 heteroatoms. The van der Waals surface area contributed by atoms with E-state index in [0.717, 1.165) is 0 Å². The summed E-state index contributed by atoms with van der Waals surface area (Å²) in [7, 11) is 0. The highest BCUT2D eigenvalue weighted by atomic mass is 16.7. The van der Waals surface area contributed by atoms with Gasteiger partial charge in [0.05, 0.1) is 10.4 Å². The van der Waals surface area contributed by atoms with Gasteiger partial charge in [-0.3, -0.25) is 24.5 Å². The standard InChI is InChI=1S/C18H19N3O9/c1-9(22)27-8-15-16(28-10(2)23)17(29-11(3)24)18(30-15)20-7-12-6-13(21(25)26)4-5-14(12)19-20/h4-7,15-18H,8H2,1-3H3/t15-,16-,17-,18-/m1/s1. The number of fused-ring (bicyclic) bond motifs is 1. The Kier molecular flexibility index (Phi) is 5.96. The van der Waals surface area contributed by atoms with E-state index in [-0.39, 0.29) is 12.3 Å². The van der Waals surface area contributed by atoms with Gasteiger partial charge in [0.1, 0.15) is 12.7 Å². The minimum Gasteiger partial charge on any atom is -0.463 e. The third-order valence-electron chi connectivity index (χ3n) is 4.32. The van der Waals surface area contributed by atoms with E-state index in [0.29, 0.717) is 10.9 Å². The summed E-state index contributed by atoms with van der Waals surface area (Å²) in [6.07, 6.45) is -2.60. The van der Waals surface area contributed by atoms with Gasteiger partial charge in [0.25, 0.3) is 5.69 Å². The molecule has 30 heavy (non-hydrogen) atoms. The van der Waals surface area contributed by atoms with Crippen LogP contribution in [0.1, 0.15) is 27.0 Å². The zero-order valence-electron chi connectivity index (χ0n) is 16.3. The second-order valence-electron chi connectivity index (χ2n) is 6.63. The summed E-state index contributed by atoms with van der Waals surface area (Å²) in [5, 5.41) is 15.8. The Hall–Kier alpha value is -3.54. The second-order valence-corrected chi connectivity index (χ2v) is 6.63. The maximum atomic E-state index is 11.7. The first-order chi connectivity index (χ1) is 14.2. The molecule has 4 atom stereocenters. The molecule has 0 N–H and O–H groups in total. The molecule has 0 spiro atoms. The Balaban J connectivity index is 1.98. The molecular weight excluding hydrogens is 402 g/mol. The zero-order valence-corrected chi connectivity index (χ0v) is 16.3. The first-order valence-electron chi connectivity index (χ1n) is 8.92. The molecule has 0 aliphatic carbocycles. The summed E-state index contributed by atoms with van der Waals surface area (Å²) >= 11 is 0. The molecule has 1 saturated heterocycles. The number of hydrogen-bond donors (Lipinski definition) is 0. The number of hydrogen-bond acceptors (Lipinski definition) is 10. The average molecular weight is 421 g/mol. The predicted molar refractivity (Wildman–Crippen MR) is 98.0 cm³/mol. The van der Waals surface area contributed by atoms with E-state index in [1.807, 2.05) is 0 Å². The summed E-state index contributed by atoms with van der Waals surface area (Å²) < 4.78 is 22.8. The summed E-state index contributed by atoms with van der Waals surface area (Å²) in [4.78, 5) is 44.9. The van der Waals surface area contributed by atoms with Crippen molar-refractivity contribution >= 4 is 34.5 Å². The van der Waals surface area contributed by atoms with E-state index < -0.39 is 47.4 Å². The first kappa shape index (κ1) is 21.2. The molecule has 3 rings (SSSR count). The van der Waals surface area contributed by atoms with Crippen LogP contribution in [0.3, 0.4) is 0 Å². The summed E-state index contributed by atoms with van der Waals surface area (Å²) in [6.45, 7) is 3.34. The molecule has 160 valence electrons. The van der Waals surface area contributed by atoms with Gasteiger partial charge in [-0.2, -0.15) is 5.10 Å². The van der Waals surface area contributed by atoms with Crippen LogP contribution in [0.4, 0.5) is 5.69 Å². The quantitative estimate of drug-likeness (QED) is 0.289. The molecule has 2 aromatic rings. The molecule has 0 amide bonds. The van der Waals surface area contributed by atoms with Crippen molar-refractivity contribution in [1.29, 1.82) is 0 Å². The number of carbonyl (C=O) groups is 3. The Morgan fingerprint density at radius 2 is 1.80 bits per heavy atom. The van der Waals surface area contributed by atoms with Gasteiger partial charge in [-0.15, -0.1) is 0 Å². The fourth-order valence-corrected chi connectivity index (χ4v) is 3.18. The molecule has 0 bridgehead atoms. The van der Waals surface area contributed by atoms with E-state index >= 15 is 0 Å². The fraction of sp³-hybridized carbons (Fsp3) is 0.444. The lowest BCUT2D eigenvalue weighted by Gasteiger charge is -2.23. The van der Waals surface area contributed by atoms with Gasteiger partial charge in [-0.05, 0) is 6.07 Å². The van der Waals surface area contributed by atoms with Gasteiger partial charge in [-0.1, -0.05) is 0 Å². The Labute approximate surface area is 169 Å². The fourth-order valence-electron chi connectivity index (χ4n) is 3.18. The lowest BCUT2D eigenvalue weighted by atomic mass is 10.1. The van der Waals surface area contributed by atoms with Crippen LogP contribution >= 0.6 is 0 Å². The van der Waals surface area contributed by atoms with E-state index in [1.165, 1.54) is 49.8 Å². The van der Waals surface area contributed by atoms with Crippen molar-refractivity contribution in [3.05, 3.63) is 34.5 Å². The molecule has 0 radical (unpaired) electrons. The SMILES string of the molecule is CC(=O)OC[C@H]1O[C@@H](n2cc3cc([N+](=O)[O-])ccc3n2)[C@H](OC(C)=O)[C@@H]1OC(C)=O. The van der Waals surface area contributed by atoms with Crippen LogP contribution in [0.2, 0.25) is 0 Å². The zero-order chi connectivity index (χ0) is 22.0. The number of benzene rings is 1. The van der Waals surface area contributed by atoms with Crippen molar-refractivity contribution < 1.29 is 38.3 Å². The molecule has 1 aliphatic rings. The molecule has 12 nitrogen and oxygen atoms in total. The van der Waals surface area contributed by atoms with Crippen molar-refractivity contribution in [3.63, 3.8) is 0 Å². The van der Waals surface area contributed by atoms with Crippen molar-refractivity contribution in [1.82, 2.24) is 9.78 Å². The third kappa shape index (κ3) is 4.54. The maximum Gasteiger partial charge on any atom is 0.303 e. The summed E-state index contributed by atoms with van der Waals surface area (Å²) in [6, 6.07) is 4.12. The van der Waals surface area contributed by atoms with Crippen molar-refractivity contribution in [2.45, 2.75) is 45.3 Å². The molecular formula is C18H19N3O9. The average Bonchev–Trinajstić information content (AvgIpc) is 3.20. The van der Waals surface area contributed by atoms with Crippen LogP contribution in [0.5, 0.6) is 0 Å². The lowest BCUT2D eigenvalue weighted by Crippen LogP contribution is -2.40. The highest BCUT2D eigenvalue weighted by Gasteiger charge is 2.51. The van der Waals surface area contributed by atoms with Gasteiger partial charge < -0.3 is 18.9 Å². The third-order valence-corrected chi connectivity index (χ3v) is 4.32. The van der Waals surface area contributed by atoms with Crippen molar-refractivity contribution in [2.75, 3.05) is 6.61 Å². The topological polar surface area (TPSA) is 149 Å². The Morgan fingerprint density at radius 3 is 2.40 bits per heavy atom. The minimum absolute atomic E-state index is 0.114. The van der Waals surface area contributed by atoms with Crippen LogP contribution in [0.15, 0.2) is 24.4 Å². The number of nitrogens with zero attached hydrogens (tertiary/aromatic N) is 3. The number of carbonyl (C=O) groups excluding carboxylic acids is 3. The van der Waals surface area contributed by atoms with Gasteiger partial charge in [0.15, 0.2) is 18.4 Å². The van der Waals surface area contributed by atoms with Gasteiger partial charge in [0.2, 0.25) is 0 Å². The lowest BCUT2D eigenvalue weighted by molar-refractivity contribution is -0.384. The van der Waals surface area contributed by atoms with Crippen LogP contribution in [-0.4, -0.2) is 57.5 Å². The number of nitro groups is 1. The van der Waals surface area contributed by atoms with Gasteiger partial charge in [-0.25, -0.2) is 4.68 Å². The number of esters is 3. The van der Waals surface area contributed by atoms with Crippen LogP contribution in [-0.2, 0) is 33.3 Å². The number of ether oxygens (including phenoxy) is 4. The molecule has 0 saturated carbocycles. The largest absolute Gasteiger partial charge is 0.463 e. The first-order valence-corrected chi connectivity index (χ1v) is 8.92. The van der Waals surface area contributed by atoms with Crippen LogP contribution < -0.4 is 0 Å². The molecule has 1 fully saturated rings. The Morgan fingerprint density at radius 1 is 1.13 bits per heavy atom. The highest BCUT2D eigenvalue weighted by molar-refractivity contribution is 5.80. The predicted octanol–water partition coefficient (Wildman–Crippen LogP) is 1.27.